The highest BCUT2D eigenvalue weighted by Gasteiger charge is 2.39. The Labute approximate surface area is 123 Å². The molecule has 0 N–H and O–H groups in total. The van der Waals surface area contributed by atoms with Crippen LogP contribution in [-0.4, -0.2) is 10.1 Å². The molecule has 112 valence electrons. The molecule has 0 amide bonds. The Bertz CT molecular complexity index is 836. The van der Waals surface area contributed by atoms with Crippen LogP contribution in [0.25, 0.3) is 22.4 Å². The summed E-state index contributed by atoms with van der Waals surface area (Å²) >= 11 is 0. The molecule has 6 heteroatoms. The zero-order valence-electron chi connectivity index (χ0n) is 11.4. The van der Waals surface area contributed by atoms with Crippen LogP contribution in [-0.2, 0) is 6.18 Å². The van der Waals surface area contributed by atoms with E-state index in [9.17, 15) is 13.2 Å². The maximum absolute atomic E-state index is 13.5. The minimum atomic E-state index is -4.47. The average Bonchev–Trinajstić information content (AvgIpc) is 3.26. The van der Waals surface area contributed by atoms with Crippen LogP contribution in [0.2, 0.25) is 0 Å². The molecule has 3 aromatic rings. The molecule has 0 saturated heterocycles. The molecule has 0 radical (unpaired) electrons. The van der Waals surface area contributed by atoms with Crippen LogP contribution < -0.4 is 0 Å². The van der Waals surface area contributed by atoms with Crippen LogP contribution >= 0.6 is 0 Å². The first-order valence-corrected chi connectivity index (χ1v) is 6.97. The molecule has 0 bridgehead atoms. The largest absolute Gasteiger partial charge is 0.417 e. The fourth-order valence-corrected chi connectivity index (χ4v) is 2.59. The Balaban J connectivity index is 1.99. The second-order valence-electron chi connectivity index (χ2n) is 5.44. The minimum Gasteiger partial charge on any atom is -0.335 e. The predicted molar refractivity (Wildman–Crippen MR) is 74.2 cm³/mol. The van der Waals surface area contributed by atoms with Gasteiger partial charge in [-0.15, -0.1) is 0 Å². The van der Waals surface area contributed by atoms with Gasteiger partial charge in [-0.2, -0.15) is 13.2 Å². The highest BCUT2D eigenvalue weighted by molar-refractivity contribution is 5.84. The van der Waals surface area contributed by atoms with Crippen LogP contribution in [0.4, 0.5) is 13.2 Å². The molecule has 0 spiro atoms. The van der Waals surface area contributed by atoms with Crippen molar-refractivity contribution < 1.29 is 17.7 Å². The maximum Gasteiger partial charge on any atom is 0.417 e. The van der Waals surface area contributed by atoms with Crippen molar-refractivity contribution in [3.8, 4) is 11.3 Å². The number of rotatable bonds is 2. The molecular formula is C16H11F3N2O. The third-order valence-electron chi connectivity index (χ3n) is 3.81. The molecule has 1 aliphatic rings. The lowest BCUT2D eigenvalue weighted by molar-refractivity contribution is -0.136. The van der Waals surface area contributed by atoms with E-state index in [-0.39, 0.29) is 22.7 Å². The van der Waals surface area contributed by atoms with Crippen molar-refractivity contribution in [1.29, 1.82) is 0 Å². The Morgan fingerprint density at radius 2 is 1.82 bits per heavy atom. The molecule has 0 atom stereocenters. The van der Waals surface area contributed by atoms with Gasteiger partial charge in [-0.25, -0.2) is 4.98 Å². The van der Waals surface area contributed by atoms with E-state index in [1.165, 1.54) is 0 Å². The summed E-state index contributed by atoms with van der Waals surface area (Å²) in [4.78, 5) is 4.22. The van der Waals surface area contributed by atoms with E-state index in [0.717, 1.165) is 18.9 Å². The summed E-state index contributed by atoms with van der Waals surface area (Å²) in [5.74, 6) is 0.0618. The van der Waals surface area contributed by atoms with Gasteiger partial charge in [-0.3, -0.25) is 0 Å². The highest BCUT2D eigenvalue weighted by Crippen LogP contribution is 2.46. The van der Waals surface area contributed by atoms with E-state index in [4.69, 9.17) is 4.52 Å². The molecule has 1 aliphatic carbocycles. The van der Waals surface area contributed by atoms with Gasteiger partial charge in [-0.1, -0.05) is 35.5 Å². The van der Waals surface area contributed by atoms with E-state index >= 15 is 0 Å². The minimum absolute atomic E-state index is 0.00896. The quantitative estimate of drug-likeness (QED) is 0.683. The van der Waals surface area contributed by atoms with Gasteiger partial charge in [0.05, 0.1) is 22.3 Å². The number of benzene rings is 1. The molecule has 2 heterocycles. The van der Waals surface area contributed by atoms with E-state index in [0.29, 0.717) is 11.3 Å². The third-order valence-corrected chi connectivity index (χ3v) is 3.81. The smallest absolute Gasteiger partial charge is 0.335 e. The molecular weight excluding hydrogens is 293 g/mol. The first kappa shape index (κ1) is 13.3. The predicted octanol–water partition coefficient (Wildman–Crippen LogP) is 4.79. The number of pyridine rings is 1. The number of hydrogen-bond donors (Lipinski definition) is 0. The number of hydrogen-bond acceptors (Lipinski definition) is 3. The van der Waals surface area contributed by atoms with Crippen molar-refractivity contribution in [3.63, 3.8) is 0 Å². The molecule has 22 heavy (non-hydrogen) atoms. The fourth-order valence-electron chi connectivity index (χ4n) is 2.59. The lowest BCUT2D eigenvalue weighted by Crippen LogP contribution is -2.07. The number of nitrogens with zero attached hydrogens (tertiary/aromatic N) is 2. The Hall–Kier alpha value is -2.37. The monoisotopic (exact) mass is 304 g/mol. The molecule has 1 aromatic carbocycles. The second kappa shape index (κ2) is 4.56. The average molecular weight is 304 g/mol. The van der Waals surface area contributed by atoms with Crippen LogP contribution in [0, 0.1) is 0 Å². The van der Waals surface area contributed by atoms with E-state index in [2.05, 4.69) is 10.1 Å². The Kier molecular flexibility index (Phi) is 2.76. The zero-order chi connectivity index (χ0) is 15.3. The van der Waals surface area contributed by atoms with Gasteiger partial charge in [0.1, 0.15) is 0 Å². The third kappa shape index (κ3) is 2.15. The van der Waals surface area contributed by atoms with Gasteiger partial charge in [0.25, 0.3) is 5.71 Å². The van der Waals surface area contributed by atoms with Gasteiger partial charge in [0, 0.05) is 11.5 Å². The molecule has 0 aliphatic heterocycles. The van der Waals surface area contributed by atoms with E-state index in [1.54, 1.807) is 30.3 Å². The SMILES string of the molecule is FC(F)(F)c1cc(-c2ccccc2)nc2onc(C3CC3)c12. The van der Waals surface area contributed by atoms with Crippen molar-refractivity contribution in [2.24, 2.45) is 0 Å². The van der Waals surface area contributed by atoms with Crippen LogP contribution in [0.3, 0.4) is 0 Å². The van der Waals surface area contributed by atoms with Crippen molar-refractivity contribution in [2.45, 2.75) is 24.9 Å². The maximum atomic E-state index is 13.5. The molecule has 2 aromatic heterocycles. The van der Waals surface area contributed by atoms with Crippen LogP contribution in [0.1, 0.15) is 30.0 Å². The molecule has 0 unspecified atom stereocenters. The number of fused-ring (bicyclic) bond motifs is 1. The standard InChI is InChI=1S/C16H11F3N2O/c17-16(18,19)11-8-12(9-4-2-1-3-5-9)20-15-13(11)14(21-22-15)10-6-7-10/h1-5,8,10H,6-7H2. The van der Waals surface area contributed by atoms with Crippen LogP contribution in [0.5, 0.6) is 0 Å². The zero-order valence-corrected chi connectivity index (χ0v) is 11.4. The Morgan fingerprint density at radius 1 is 1.09 bits per heavy atom. The van der Waals surface area contributed by atoms with E-state index < -0.39 is 11.7 Å². The summed E-state index contributed by atoms with van der Waals surface area (Å²) in [6.45, 7) is 0. The summed E-state index contributed by atoms with van der Waals surface area (Å²) < 4.78 is 45.5. The summed E-state index contributed by atoms with van der Waals surface area (Å²) in [5.41, 5.74) is 0.461. The van der Waals surface area contributed by atoms with Gasteiger partial charge < -0.3 is 4.52 Å². The van der Waals surface area contributed by atoms with Gasteiger partial charge in [0.2, 0.25) is 0 Å². The normalized spacial score (nSPS) is 15.4. The van der Waals surface area contributed by atoms with Gasteiger partial charge in [-0.05, 0) is 18.9 Å². The van der Waals surface area contributed by atoms with Gasteiger partial charge in [0.15, 0.2) is 0 Å². The number of halogens is 3. The molecule has 3 nitrogen and oxygen atoms in total. The molecule has 4 rings (SSSR count). The van der Waals surface area contributed by atoms with Crippen LogP contribution in [0.15, 0.2) is 40.9 Å². The topological polar surface area (TPSA) is 38.9 Å². The van der Waals surface area contributed by atoms with Crippen molar-refractivity contribution >= 4 is 11.1 Å². The molecule has 1 saturated carbocycles. The van der Waals surface area contributed by atoms with Crippen molar-refractivity contribution in [1.82, 2.24) is 10.1 Å². The lowest BCUT2D eigenvalue weighted by Gasteiger charge is -2.10. The summed E-state index contributed by atoms with van der Waals surface area (Å²) in [6.07, 6.45) is -2.78. The highest BCUT2D eigenvalue weighted by atomic mass is 19.4. The van der Waals surface area contributed by atoms with Crippen molar-refractivity contribution in [2.75, 3.05) is 0 Å². The summed E-state index contributed by atoms with van der Waals surface area (Å²) in [5, 5.41) is 3.84. The van der Waals surface area contributed by atoms with E-state index in [1.807, 2.05) is 0 Å². The Morgan fingerprint density at radius 3 is 2.45 bits per heavy atom. The fraction of sp³-hybridized carbons (Fsp3) is 0.250. The number of aromatic nitrogens is 2. The van der Waals surface area contributed by atoms with Gasteiger partial charge >= 0.3 is 6.18 Å². The van der Waals surface area contributed by atoms with Crippen molar-refractivity contribution in [3.05, 3.63) is 47.7 Å². The molecule has 1 fully saturated rings. The first-order valence-electron chi connectivity index (χ1n) is 6.97. The lowest BCUT2D eigenvalue weighted by atomic mass is 10.0. The first-order chi connectivity index (χ1) is 10.5. The number of alkyl halides is 3. The summed E-state index contributed by atoms with van der Waals surface area (Å²) in [7, 11) is 0. The second-order valence-corrected chi connectivity index (χ2v) is 5.44. The summed E-state index contributed by atoms with van der Waals surface area (Å²) in [6, 6.07) is 9.82.